The third-order valence-corrected chi connectivity index (χ3v) is 7.05. The van der Waals surface area contributed by atoms with Gasteiger partial charge in [-0.1, -0.05) is 30.9 Å². The molecule has 1 N–H and O–H groups in total. The van der Waals surface area contributed by atoms with Gasteiger partial charge >= 0.3 is 0 Å². The SMILES string of the molecule is CN(CC(=O)NC1CCCCC1)S(=O)(=O)c1ccc(Cl)s1. The first-order valence-corrected chi connectivity index (χ1v) is 9.54. The van der Waals surface area contributed by atoms with Crippen LogP contribution in [0, 0.1) is 0 Å². The minimum Gasteiger partial charge on any atom is -0.352 e. The zero-order chi connectivity index (χ0) is 15.5. The Morgan fingerprint density at radius 3 is 2.62 bits per heavy atom. The summed E-state index contributed by atoms with van der Waals surface area (Å²) in [4.78, 5) is 12.0. The van der Waals surface area contributed by atoms with Crippen molar-refractivity contribution in [1.29, 1.82) is 0 Å². The van der Waals surface area contributed by atoms with Crippen LogP contribution >= 0.6 is 22.9 Å². The maximum absolute atomic E-state index is 12.3. The number of thiophene rings is 1. The van der Waals surface area contributed by atoms with Gasteiger partial charge in [0.05, 0.1) is 10.9 Å². The Balaban J connectivity index is 1.93. The number of hydrogen-bond acceptors (Lipinski definition) is 4. The van der Waals surface area contributed by atoms with Crippen molar-refractivity contribution in [2.24, 2.45) is 0 Å². The highest BCUT2D eigenvalue weighted by Crippen LogP contribution is 2.27. The minimum atomic E-state index is -3.65. The van der Waals surface area contributed by atoms with Crippen molar-refractivity contribution in [3.8, 4) is 0 Å². The van der Waals surface area contributed by atoms with E-state index in [0.29, 0.717) is 4.34 Å². The zero-order valence-electron chi connectivity index (χ0n) is 11.8. The number of sulfonamides is 1. The quantitative estimate of drug-likeness (QED) is 0.887. The molecule has 1 amide bonds. The average molecular weight is 351 g/mol. The van der Waals surface area contributed by atoms with Gasteiger partial charge < -0.3 is 5.32 Å². The van der Waals surface area contributed by atoms with Crippen molar-refractivity contribution in [2.45, 2.75) is 42.4 Å². The lowest BCUT2D eigenvalue weighted by Gasteiger charge is -2.24. The molecule has 1 aliphatic carbocycles. The van der Waals surface area contributed by atoms with E-state index < -0.39 is 10.0 Å². The number of amides is 1. The van der Waals surface area contributed by atoms with Crippen LogP contribution in [0.25, 0.3) is 0 Å². The lowest BCUT2D eigenvalue weighted by atomic mass is 9.95. The summed E-state index contributed by atoms with van der Waals surface area (Å²) in [7, 11) is -2.24. The normalized spacial score (nSPS) is 17.1. The molecule has 21 heavy (non-hydrogen) atoms. The van der Waals surface area contributed by atoms with E-state index in [0.717, 1.165) is 41.3 Å². The van der Waals surface area contributed by atoms with E-state index in [9.17, 15) is 13.2 Å². The molecule has 5 nitrogen and oxygen atoms in total. The fourth-order valence-corrected chi connectivity index (χ4v) is 5.22. The van der Waals surface area contributed by atoms with Crippen LogP contribution in [0.2, 0.25) is 4.34 Å². The number of rotatable bonds is 5. The van der Waals surface area contributed by atoms with Crippen LogP contribution in [0.3, 0.4) is 0 Å². The molecule has 0 spiro atoms. The van der Waals surface area contributed by atoms with Gasteiger partial charge in [0.25, 0.3) is 10.0 Å². The van der Waals surface area contributed by atoms with Gasteiger partial charge in [0.15, 0.2) is 0 Å². The summed E-state index contributed by atoms with van der Waals surface area (Å²) >= 11 is 6.75. The zero-order valence-corrected chi connectivity index (χ0v) is 14.2. The molecule has 8 heteroatoms. The van der Waals surface area contributed by atoms with Crippen LogP contribution in [0.1, 0.15) is 32.1 Å². The Labute approximate surface area is 134 Å². The van der Waals surface area contributed by atoms with Gasteiger partial charge in [-0.3, -0.25) is 4.79 Å². The number of nitrogens with one attached hydrogen (secondary N) is 1. The van der Waals surface area contributed by atoms with Gasteiger partial charge in [-0.05, 0) is 25.0 Å². The molecule has 1 fully saturated rings. The van der Waals surface area contributed by atoms with Gasteiger partial charge in [0, 0.05) is 13.1 Å². The summed E-state index contributed by atoms with van der Waals surface area (Å²) in [5.74, 6) is -0.254. The molecule has 0 aromatic carbocycles. The molecule has 1 aliphatic rings. The Morgan fingerprint density at radius 2 is 2.05 bits per heavy atom. The summed E-state index contributed by atoms with van der Waals surface area (Å²) in [6.45, 7) is -0.172. The van der Waals surface area contributed by atoms with E-state index >= 15 is 0 Å². The first-order valence-electron chi connectivity index (χ1n) is 6.90. The van der Waals surface area contributed by atoms with Gasteiger partial charge in [0.2, 0.25) is 5.91 Å². The fraction of sp³-hybridized carbons (Fsp3) is 0.615. The molecule has 1 heterocycles. The topological polar surface area (TPSA) is 66.5 Å². The van der Waals surface area contributed by atoms with Crippen LogP contribution in [-0.2, 0) is 14.8 Å². The van der Waals surface area contributed by atoms with E-state index in [1.807, 2.05) is 0 Å². The van der Waals surface area contributed by atoms with Crippen molar-refractivity contribution < 1.29 is 13.2 Å². The highest BCUT2D eigenvalue weighted by Gasteiger charge is 2.25. The van der Waals surface area contributed by atoms with Gasteiger partial charge in [-0.25, -0.2) is 8.42 Å². The second kappa shape index (κ2) is 7.09. The lowest BCUT2D eigenvalue weighted by Crippen LogP contribution is -2.43. The Hall–Kier alpha value is -0.630. The van der Waals surface area contributed by atoms with Crippen molar-refractivity contribution in [3.05, 3.63) is 16.5 Å². The molecular formula is C13H19ClN2O3S2. The largest absolute Gasteiger partial charge is 0.352 e. The van der Waals surface area contributed by atoms with Gasteiger partial charge in [-0.2, -0.15) is 4.31 Å². The molecule has 118 valence electrons. The molecular weight excluding hydrogens is 332 g/mol. The maximum atomic E-state index is 12.3. The third kappa shape index (κ3) is 4.42. The molecule has 2 rings (SSSR count). The van der Waals surface area contributed by atoms with Crippen molar-refractivity contribution in [3.63, 3.8) is 0 Å². The van der Waals surface area contributed by atoms with Crippen molar-refractivity contribution in [1.82, 2.24) is 9.62 Å². The summed E-state index contributed by atoms with van der Waals surface area (Å²) in [6, 6.07) is 3.17. The summed E-state index contributed by atoms with van der Waals surface area (Å²) in [5.41, 5.74) is 0. The molecule has 1 saturated carbocycles. The highest BCUT2D eigenvalue weighted by atomic mass is 35.5. The maximum Gasteiger partial charge on any atom is 0.252 e. The predicted octanol–water partition coefficient (Wildman–Crippen LogP) is 2.47. The third-order valence-electron chi connectivity index (χ3n) is 3.55. The van der Waals surface area contributed by atoms with E-state index in [2.05, 4.69) is 5.32 Å². The van der Waals surface area contributed by atoms with Gasteiger partial charge in [0.1, 0.15) is 4.21 Å². The number of hydrogen-bond donors (Lipinski definition) is 1. The van der Waals surface area contributed by atoms with E-state index in [-0.39, 0.29) is 22.7 Å². The Bertz CT molecular complexity index is 594. The second-order valence-electron chi connectivity index (χ2n) is 5.22. The number of nitrogens with zero attached hydrogens (tertiary/aromatic N) is 1. The van der Waals surface area contributed by atoms with Crippen LogP contribution in [-0.4, -0.2) is 38.3 Å². The van der Waals surface area contributed by atoms with E-state index in [4.69, 9.17) is 11.6 Å². The molecule has 1 aromatic heterocycles. The lowest BCUT2D eigenvalue weighted by molar-refractivity contribution is -0.122. The smallest absolute Gasteiger partial charge is 0.252 e. The summed E-state index contributed by atoms with van der Waals surface area (Å²) in [5, 5.41) is 2.91. The number of likely N-dealkylation sites (N-methyl/N-ethyl adjacent to an activating group) is 1. The minimum absolute atomic E-state index is 0.153. The number of halogens is 1. The average Bonchev–Trinajstić information content (AvgIpc) is 2.87. The van der Waals surface area contributed by atoms with Crippen molar-refractivity contribution in [2.75, 3.05) is 13.6 Å². The van der Waals surface area contributed by atoms with Crippen LogP contribution in [0.5, 0.6) is 0 Å². The fourth-order valence-electron chi connectivity index (χ4n) is 2.40. The molecule has 0 unspecified atom stereocenters. The van der Waals surface area contributed by atoms with Crippen molar-refractivity contribution >= 4 is 38.9 Å². The molecule has 0 atom stereocenters. The van der Waals surface area contributed by atoms with E-state index in [1.165, 1.54) is 25.6 Å². The number of carbonyl (C=O) groups is 1. The van der Waals surface area contributed by atoms with E-state index in [1.54, 1.807) is 0 Å². The van der Waals surface area contributed by atoms with Gasteiger partial charge in [-0.15, -0.1) is 11.3 Å². The molecule has 0 bridgehead atoms. The Kier molecular flexibility index (Phi) is 5.65. The molecule has 0 saturated heterocycles. The standard InChI is InChI=1S/C13H19ClN2O3S2/c1-16(21(18,19)13-8-7-11(14)20-13)9-12(17)15-10-5-3-2-4-6-10/h7-8,10H,2-6,9H2,1H3,(H,15,17). The Morgan fingerprint density at radius 1 is 1.38 bits per heavy atom. The molecule has 0 aliphatic heterocycles. The summed E-state index contributed by atoms with van der Waals surface area (Å²) < 4.78 is 26.2. The van der Waals surface area contributed by atoms with Crippen LogP contribution in [0.4, 0.5) is 0 Å². The van der Waals surface area contributed by atoms with Crippen LogP contribution in [0.15, 0.2) is 16.3 Å². The summed E-state index contributed by atoms with van der Waals surface area (Å²) in [6.07, 6.45) is 5.39. The number of carbonyl (C=O) groups excluding carboxylic acids is 1. The second-order valence-corrected chi connectivity index (χ2v) is 9.21. The van der Waals surface area contributed by atoms with Crippen LogP contribution < -0.4 is 5.32 Å². The monoisotopic (exact) mass is 350 g/mol. The highest BCUT2D eigenvalue weighted by molar-refractivity contribution is 7.91. The first-order chi connectivity index (χ1) is 9.89. The molecule has 1 aromatic rings. The molecule has 0 radical (unpaired) electrons. The first kappa shape index (κ1) is 16.7. The predicted molar refractivity (Wildman–Crippen MR) is 84.2 cm³/mol.